The van der Waals surface area contributed by atoms with Crippen molar-refractivity contribution in [3.63, 3.8) is 0 Å². The summed E-state index contributed by atoms with van der Waals surface area (Å²) in [5.74, 6) is 2.32. The summed E-state index contributed by atoms with van der Waals surface area (Å²) in [7, 11) is 1.73. The van der Waals surface area contributed by atoms with E-state index in [1.54, 1.807) is 31.3 Å². The highest BCUT2D eigenvalue weighted by Crippen LogP contribution is 2.11. The first kappa shape index (κ1) is 16.3. The van der Waals surface area contributed by atoms with E-state index in [1.165, 1.54) is 0 Å². The number of aryl methyl sites for hydroxylation is 1. The van der Waals surface area contributed by atoms with E-state index in [1.807, 2.05) is 6.92 Å². The summed E-state index contributed by atoms with van der Waals surface area (Å²) in [5, 5.41) is 14.2. The molecule has 8 heteroatoms. The molecule has 0 aliphatic rings. The summed E-state index contributed by atoms with van der Waals surface area (Å²) in [6.45, 7) is 2.77. The Hall–Kier alpha value is -1.72. The van der Waals surface area contributed by atoms with E-state index >= 15 is 0 Å². The van der Waals surface area contributed by atoms with Crippen LogP contribution in [-0.4, -0.2) is 40.7 Å². The molecule has 0 radical (unpaired) electrons. The minimum atomic E-state index is 0. The molecule has 0 aliphatic carbocycles. The average molecular weight is 270 g/mol. The van der Waals surface area contributed by atoms with Crippen molar-refractivity contribution in [3.8, 4) is 6.19 Å². The Morgan fingerprint density at radius 3 is 3.00 bits per heavy atom. The van der Waals surface area contributed by atoms with Crippen molar-refractivity contribution in [2.75, 3.05) is 19.3 Å². The molecule has 18 heavy (non-hydrogen) atoms. The highest BCUT2D eigenvalue weighted by Gasteiger charge is 2.00. The number of imidazole rings is 1. The van der Waals surface area contributed by atoms with Crippen LogP contribution >= 0.6 is 11.8 Å². The Morgan fingerprint density at radius 1 is 1.67 bits per heavy atom. The number of thioether (sulfide) groups is 1. The molecular formula is C10H18N6OS. The van der Waals surface area contributed by atoms with Crippen LogP contribution in [0.5, 0.6) is 0 Å². The fourth-order valence-electron chi connectivity index (χ4n) is 1.18. The predicted molar refractivity (Wildman–Crippen MR) is 73.2 cm³/mol. The van der Waals surface area contributed by atoms with Gasteiger partial charge in [-0.1, -0.05) is 0 Å². The van der Waals surface area contributed by atoms with E-state index in [9.17, 15) is 0 Å². The van der Waals surface area contributed by atoms with E-state index < -0.39 is 0 Å². The summed E-state index contributed by atoms with van der Waals surface area (Å²) in [6, 6.07) is 0. The van der Waals surface area contributed by atoms with Gasteiger partial charge in [-0.25, -0.2) is 4.98 Å². The van der Waals surface area contributed by atoms with Crippen molar-refractivity contribution in [1.82, 2.24) is 20.6 Å². The summed E-state index contributed by atoms with van der Waals surface area (Å²) in [5.41, 5.74) is 2.21. The van der Waals surface area contributed by atoms with Crippen LogP contribution in [0.2, 0.25) is 0 Å². The Labute approximate surface area is 110 Å². The molecule has 1 heterocycles. The van der Waals surface area contributed by atoms with Crippen LogP contribution in [0.4, 0.5) is 0 Å². The van der Waals surface area contributed by atoms with Gasteiger partial charge in [0.2, 0.25) is 12.2 Å². The van der Waals surface area contributed by atoms with Crippen molar-refractivity contribution in [3.05, 3.63) is 17.7 Å². The second kappa shape index (κ2) is 9.32. The molecule has 0 aliphatic heterocycles. The standard InChI is InChI=1S/C10H16N6S.H2O/c1-8-9(16-7-15-8)5-17-4-3-13-10(12-2)14-6-11;/h7H,3-5H2,1-2H3,(H,15,16)(H2,12,13,14);1H2. The molecule has 7 nitrogen and oxygen atoms in total. The molecule has 5 N–H and O–H groups in total. The number of rotatable bonds is 5. The van der Waals surface area contributed by atoms with Gasteiger partial charge in [0, 0.05) is 30.8 Å². The summed E-state index contributed by atoms with van der Waals surface area (Å²) >= 11 is 1.79. The zero-order chi connectivity index (χ0) is 12.5. The lowest BCUT2D eigenvalue weighted by atomic mass is 10.4. The van der Waals surface area contributed by atoms with Gasteiger partial charge < -0.3 is 21.1 Å². The quantitative estimate of drug-likeness (QED) is 0.295. The second-order valence-electron chi connectivity index (χ2n) is 3.26. The van der Waals surface area contributed by atoms with E-state index in [0.717, 1.165) is 29.4 Å². The third-order valence-corrected chi connectivity index (χ3v) is 3.08. The normalized spacial score (nSPS) is 10.4. The van der Waals surface area contributed by atoms with E-state index in [-0.39, 0.29) is 5.48 Å². The smallest absolute Gasteiger partial charge is 0.209 e. The number of aromatic amines is 1. The van der Waals surface area contributed by atoms with Crippen molar-refractivity contribution in [1.29, 1.82) is 5.26 Å². The Balaban J connectivity index is 0.00000289. The van der Waals surface area contributed by atoms with Crippen LogP contribution in [-0.2, 0) is 5.75 Å². The Morgan fingerprint density at radius 2 is 2.44 bits per heavy atom. The topological polar surface area (TPSA) is 120 Å². The molecule has 0 unspecified atom stereocenters. The van der Waals surface area contributed by atoms with Gasteiger partial charge in [-0.3, -0.25) is 0 Å². The molecule has 100 valence electrons. The molecule has 0 fully saturated rings. The third kappa shape index (κ3) is 5.56. The largest absolute Gasteiger partial charge is 0.412 e. The maximum Gasteiger partial charge on any atom is 0.209 e. The molecule has 1 aromatic heterocycles. The van der Waals surface area contributed by atoms with Gasteiger partial charge in [0.25, 0.3) is 0 Å². The lowest BCUT2D eigenvalue weighted by Gasteiger charge is -2.06. The molecular weight excluding hydrogens is 252 g/mol. The van der Waals surface area contributed by atoms with Gasteiger partial charge in [-0.05, 0) is 6.92 Å². The number of nitriles is 1. The first-order valence-electron chi connectivity index (χ1n) is 5.23. The molecule has 1 aromatic rings. The average Bonchev–Trinajstić information content (AvgIpc) is 2.73. The SMILES string of the molecule is CN/C(=N\C#N)NCCSCc1nc[nH]c1C.O. The van der Waals surface area contributed by atoms with Gasteiger partial charge in [-0.2, -0.15) is 17.0 Å². The summed E-state index contributed by atoms with van der Waals surface area (Å²) < 4.78 is 0. The summed E-state index contributed by atoms with van der Waals surface area (Å²) in [4.78, 5) is 10.8. The molecule has 1 rings (SSSR count). The lowest BCUT2D eigenvalue weighted by Crippen LogP contribution is -2.35. The highest BCUT2D eigenvalue weighted by molar-refractivity contribution is 7.98. The fraction of sp³-hybridized carbons (Fsp3) is 0.500. The van der Waals surface area contributed by atoms with Crippen LogP contribution in [0.15, 0.2) is 11.3 Å². The second-order valence-corrected chi connectivity index (χ2v) is 4.37. The maximum atomic E-state index is 8.39. The van der Waals surface area contributed by atoms with Crippen LogP contribution in [0.3, 0.4) is 0 Å². The lowest BCUT2D eigenvalue weighted by molar-refractivity contribution is 0.824. The third-order valence-electron chi connectivity index (χ3n) is 2.11. The molecule has 0 bridgehead atoms. The monoisotopic (exact) mass is 270 g/mol. The van der Waals surface area contributed by atoms with Crippen molar-refractivity contribution in [2.45, 2.75) is 12.7 Å². The molecule has 0 saturated heterocycles. The van der Waals surface area contributed by atoms with Crippen LogP contribution < -0.4 is 10.6 Å². The number of aromatic nitrogens is 2. The van der Waals surface area contributed by atoms with Crippen LogP contribution in [0.1, 0.15) is 11.4 Å². The van der Waals surface area contributed by atoms with Gasteiger partial charge >= 0.3 is 0 Å². The van der Waals surface area contributed by atoms with E-state index in [0.29, 0.717) is 5.96 Å². The molecule has 0 saturated carbocycles. The minimum absolute atomic E-state index is 0. The van der Waals surface area contributed by atoms with E-state index in [4.69, 9.17) is 5.26 Å². The first-order chi connectivity index (χ1) is 8.27. The molecule has 0 spiro atoms. The highest BCUT2D eigenvalue weighted by atomic mass is 32.2. The van der Waals surface area contributed by atoms with Gasteiger partial charge in [0.1, 0.15) is 0 Å². The van der Waals surface area contributed by atoms with Crippen LogP contribution in [0, 0.1) is 18.4 Å². The van der Waals surface area contributed by atoms with Crippen molar-refractivity contribution < 1.29 is 5.48 Å². The van der Waals surface area contributed by atoms with Crippen molar-refractivity contribution in [2.24, 2.45) is 4.99 Å². The molecule has 0 atom stereocenters. The summed E-state index contributed by atoms with van der Waals surface area (Å²) in [6.07, 6.45) is 3.44. The fourth-order valence-corrected chi connectivity index (χ4v) is 2.05. The van der Waals surface area contributed by atoms with Gasteiger partial charge in [-0.15, -0.1) is 4.99 Å². The van der Waals surface area contributed by atoms with E-state index in [2.05, 4.69) is 25.6 Å². The number of nitrogens with zero attached hydrogens (tertiary/aromatic N) is 3. The predicted octanol–water partition coefficient (Wildman–Crippen LogP) is -0.227. The maximum absolute atomic E-state index is 8.39. The van der Waals surface area contributed by atoms with Gasteiger partial charge in [0.15, 0.2) is 0 Å². The minimum Gasteiger partial charge on any atom is -0.412 e. The van der Waals surface area contributed by atoms with Crippen molar-refractivity contribution >= 4 is 17.7 Å². The number of aliphatic imine (C=N–C) groups is 1. The molecule has 0 amide bonds. The van der Waals surface area contributed by atoms with Crippen LogP contribution in [0.25, 0.3) is 0 Å². The number of H-pyrrole nitrogens is 1. The molecule has 0 aromatic carbocycles. The zero-order valence-electron chi connectivity index (χ0n) is 10.4. The first-order valence-corrected chi connectivity index (χ1v) is 6.38. The number of hydrogen-bond donors (Lipinski definition) is 3. The Bertz CT molecular complexity index is 411. The number of guanidine groups is 1. The number of nitrogens with one attached hydrogen (secondary N) is 3. The van der Waals surface area contributed by atoms with Gasteiger partial charge in [0.05, 0.1) is 12.0 Å². The Kier molecular flexibility index (Phi) is 8.43. The zero-order valence-corrected chi connectivity index (χ0v) is 11.3. The number of hydrogen-bond acceptors (Lipinski definition) is 4.